The van der Waals surface area contributed by atoms with Gasteiger partial charge in [-0.2, -0.15) is 11.8 Å². The molecule has 0 aromatic carbocycles. The summed E-state index contributed by atoms with van der Waals surface area (Å²) in [5.74, 6) is 3.38. The van der Waals surface area contributed by atoms with Crippen molar-refractivity contribution in [1.29, 1.82) is 0 Å². The molecule has 1 amide bonds. The monoisotopic (exact) mass is 256 g/mol. The molecule has 0 aromatic heterocycles. The summed E-state index contributed by atoms with van der Waals surface area (Å²) in [6.45, 7) is 5.27. The molecular formula is C13H24N2OS. The van der Waals surface area contributed by atoms with Gasteiger partial charge in [0.15, 0.2) is 0 Å². The molecule has 2 heterocycles. The van der Waals surface area contributed by atoms with Crippen molar-refractivity contribution in [3.63, 3.8) is 0 Å². The van der Waals surface area contributed by atoms with Gasteiger partial charge in [-0.15, -0.1) is 0 Å². The molecule has 0 spiro atoms. The first-order chi connectivity index (χ1) is 8.29. The normalized spacial score (nSPS) is 30.3. The van der Waals surface area contributed by atoms with Crippen LogP contribution in [-0.4, -0.2) is 48.0 Å². The predicted octanol–water partition coefficient (Wildman–Crippen LogP) is 1.73. The Morgan fingerprint density at radius 2 is 2.41 bits per heavy atom. The third kappa shape index (κ3) is 3.88. The van der Waals surface area contributed by atoms with E-state index in [2.05, 4.69) is 17.1 Å². The Hall–Kier alpha value is -0.220. The standard InChI is InChI=1S/C13H24N2OS/c1-2-11-4-3-6-15(9-11)13(16)8-12-10-17-7-5-14-12/h11-12,14H,2-10H2,1H3. The molecule has 0 aromatic rings. The first-order valence-electron chi connectivity index (χ1n) is 6.88. The fourth-order valence-corrected chi connectivity index (χ4v) is 3.66. The highest BCUT2D eigenvalue weighted by atomic mass is 32.2. The molecule has 2 aliphatic heterocycles. The van der Waals surface area contributed by atoms with Gasteiger partial charge < -0.3 is 10.2 Å². The summed E-state index contributed by atoms with van der Waals surface area (Å²) >= 11 is 1.96. The minimum atomic E-state index is 0.364. The number of rotatable bonds is 3. The van der Waals surface area contributed by atoms with E-state index in [4.69, 9.17) is 0 Å². The predicted molar refractivity (Wildman–Crippen MR) is 73.3 cm³/mol. The van der Waals surface area contributed by atoms with E-state index in [9.17, 15) is 4.79 Å². The lowest BCUT2D eigenvalue weighted by Crippen LogP contribution is -2.45. The van der Waals surface area contributed by atoms with Crippen molar-refractivity contribution in [3.8, 4) is 0 Å². The van der Waals surface area contributed by atoms with Crippen LogP contribution in [0.1, 0.15) is 32.6 Å². The molecule has 2 unspecified atom stereocenters. The van der Waals surface area contributed by atoms with Crippen LogP contribution in [-0.2, 0) is 4.79 Å². The minimum Gasteiger partial charge on any atom is -0.342 e. The van der Waals surface area contributed by atoms with E-state index in [1.165, 1.54) is 25.0 Å². The highest BCUT2D eigenvalue weighted by molar-refractivity contribution is 7.99. The third-order valence-electron chi connectivity index (χ3n) is 3.87. The van der Waals surface area contributed by atoms with E-state index < -0.39 is 0 Å². The fourth-order valence-electron chi connectivity index (χ4n) is 2.72. The Labute approximate surface area is 109 Å². The van der Waals surface area contributed by atoms with E-state index >= 15 is 0 Å². The lowest BCUT2D eigenvalue weighted by molar-refractivity contribution is -0.133. The summed E-state index contributed by atoms with van der Waals surface area (Å²) in [4.78, 5) is 14.3. The van der Waals surface area contributed by atoms with E-state index in [0.29, 0.717) is 18.4 Å². The number of nitrogens with one attached hydrogen (secondary N) is 1. The van der Waals surface area contributed by atoms with E-state index in [1.54, 1.807) is 0 Å². The van der Waals surface area contributed by atoms with Crippen LogP contribution in [0.25, 0.3) is 0 Å². The van der Waals surface area contributed by atoms with E-state index in [0.717, 1.165) is 31.3 Å². The van der Waals surface area contributed by atoms with Crippen molar-refractivity contribution in [2.45, 2.75) is 38.6 Å². The van der Waals surface area contributed by atoms with Crippen LogP contribution < -0.4 is 5.32 Å². The van der Waals surface area contributed by atoms with Crippen molar-refractivity contribution in [2.75, 3.05) is 31.1 Å². The van der Waals surface area contributed by atoms with E-state index in [-0.39, 0.29) is 0 Å². The van der Waals surface area contributed by atoms with Crippen molar-refractivity contribution in [2.24, 2.45) is 5.92 Å². The van der Waals surface area contributed by atoms with Gasteiger partial charge in [-0.05, 0) is 18.8 Å². The van der Waals surface area contributed by atoms with Crippen molar-refractivity contribution >= 4 is 17.7 Å². The molecule has 1 N–H and O–H groups in total. The zero-order valence-electron chi connectivity index (χ0n) is 10.8. The number of hydrogen-bond donors (Lipinski definition) is 1. The van der Waals surface area contributed by atoms with Crippen LogP contribution in [0.15, 0.2) is 0 Å². The Bertz CT molecular complexity index is 254. The van der Waals surface area contributed by atoms with Crippen LogP contribution in [0.5, 0.6) is 0 Å². The SMILES string of the molecule is CCC1CCCN(C(=O)CC2CSCCN2)C1. The quantitative estimate of drug-likeness (QED) is 0.834. The summed E-state index contributed by atoms with van der Waals surface area (Å²) < 4.78 is 0. The van der Waals surface area contributed by atoms with Gasteiger partial charge in [0.05, 0.1) is 0 Å². The first kappa shape index (κ1) is 13.2. The van der Waals surface area contributed by atoms with Crippen LogP contribution in [0, 0.1) is 5.92 Å². The maximum atomic E-state index is 12.2. The van der Waals surface area contributed by atoms with Gasteiger partial charge in [-0.25, -0.2) is 0 Å². The van der Waals surface area contributed by atoms with Crippen LogP contribution in [0.2, 0.25) is 0 Å². The van der Waals surface area contributed by atoms with Crippen LogP contribution in [0.3, 0.4) is 0 Å². The van der Waals surface area contributed by atoms with Gasteiger partial charge in [-0.1, -0.05) is 13.3 Å². The molecule has 4 heteroatoms. The number of likely N-dealkylation sites (tertiary alicyclic amines) is 1. The maximum absolute atomic E-state index is 12.2. The van der Waals surface area contributed by atoms with Crippen molar-refractivity contribution in [1.82, 2.24) is 10.2 Å². The molecule has 2 saturated heterocycles. The Morgan fingerprint density at radius 3 is 3.12 bits per heavy atom. The lowest BCUT2D eigenvalue weighted by atomic mass is 9.95. The second-order valence-electron chi connectivity index (χ2n) is 5.19. The highest BCUT2D eigenvalue weighted by Crippen LogP contribution is 2.20. The molecule has 0 radical (unpaired) electrons. The zero-order chi connectivity index (χ0) is 12.1. The lowest BCUT2D eigenvalue weighted by Gasteiger charge is -2.34. The molecular weight excluding hydrogens is 232 g/mol. The minimum absolute atomic E-state index is 0.364. The summed E-state index contributed by atoms with van der Waals surface area (Å²) in [5, 5.41) is 3.45. The summed E-state index contributed by atoms with van der Waals surface area (Å²) in [7, 11) is 0. The van der Waals surface area contributed by atoms with Gasteiger partial charge in [0.1, 0.15) is 0 Å². The van der Waals surface area contributed by atoms with Gasteiger partial charge in [0.25, 0.3) is 0 Å². The second kappa shape index (κ2) is 6.64. The second-order valence-corrected chi connectivity index (χ2v) is 6.34. The van der Waals surface area contributed by atoms with Gasteiger partial charge in [0.2, 0.25) is 5.91 Å². The Kier molecular flexibility index (Phi) is 5.16. The van der Waals surface area contributed by atoms with Crippen LogP contribution in [0.4, 0.5) is 0 Å². The Balaban J connectivity index is 1.78. The maximum Gasteiger partial charge on any atom is 0.224 e. The number of thioether (sulfide) groups is 1. The number of nitrogens with zero attached hydrogens (tertiary/aromatic N) is 1. The highest BCUT2D eigenvalue weighted by Gasteiger charge is 2.25. The van der Waals surface area contributed by atoms with Crippen molar-refractivity contribution < 1.29 is 4.79 Å². The number of amides is 1. The average molecular weight is 256 g/mol. The van der Waals surface area contributed by atoms with Crippen molar-refractivity contribution in [3.05, 3.63) is 0 Å². The van der Waals surface area contributed by atoms with Crippen LogP contribution >= 0.6 is 11.8 Å². The zero-order valence-corrected chi connectivity index (χ0v) is 11.6. The molecule has 2 rings (SSSR count). The average Bonchev–Trinajstić information content (AvgIpc) is 2.40. The number of hydrogen-bond acceptors (Lipinski definition) is 3. The molecule has 0 aliphatic carbocycles. The number of carbonyl (C=O) groups excluding carboxylic acids is 1. The largest absolute Gasteiger partial charge is 0.342 e. The van der Waals surface area contributed by atoms with Gasteiger partial charge >= 0.3 is 0 Å². The number of carbonyl (C=O) groups is 1. The molecule has 2 fully saturated rings. The number of piperidine rings is 1. The summed E-state index contributed by atoms with van der Waals surface area (Å²) in [5.41, 5.74) is 0. The van der Waals surface area contributed by atoms with Gasteiger partial charge in [0, 0.05) is 43.6 Å². The summed E-state index contributed by atoms with van der Waals surface area (Å²) in [6.07, 6.45) is 4.40. The van der Waals surface area contributed by atoms with E-state index in [1.807, 2.05) is 11.8 Å². The third-order valence-corrected chi connectivity index (χ3v) is 5.00. The molecule has 3 nitrogen and oxygen atoms in total. The fraction of sp³-hybridized carbons (Fsp3) is 0.923. The van der Waals surface area contributed by atoms with Gasteiger partial charge in [-0.3, -0.25) is 4.79 Å². The molecule has 2 atom stereocenters. The Morgan fingerprint density at radius 1 is 1.53 bits per heavy atom. The molecule has 2 aliphatic rings. The smallest absolute Gasteiger partial charge is 0.224 e. The molecule has 0 saturated carbocycles. The molecule has 0 bridgehead atoms. The molecule has 98 valence electrons. The first-order valence-corrected chi connectivity index (χ1v) is 8.04. The summed E-state index contributed by atoms with van der Waals surface area (Å²) in [6, 6.07) is 0.406. The molecule has 17 heavy (non-hydrogen) atoms. The topological polar surface area (TPSA) is 32.3 Å².